The summed E-state index contributed by atoms with van der Waals surface area (Å²) in [4.78, 5) is 38.5. The first kappa shape index (κ1) is 18.1. The zero-order valence-electron chi connectivity index (χ0n) is 14.4. The number of benzene rings is 2. The van der Waals surface area contributed by atoms with Crippen LogP contribution < -0.4 is 10.5 Å². The van der Waals surface area contributed by atoms with Gasteiger partial charge in [-0.3, -0.25) is 9.59 Å². The fraction of sp³-hybridized carbons (Fsp3) is 0.100. The van der Waals surface area contributed by atoms with Crippen LogP contribution in [0.5, 0.6) is 0 Å². The van der Waals surface area contributed by atoms with Crippen molar-refractivity contribution in [2.24, 2.45) is 0 Å². The van der Waals surface area contributed by atoms with Crippen molar-refractivity contribution in [3.05, 3.63) is 83.3 Å². The number of aromatic carboxylic acids is 1. The van der Waals surface area contributed by atoms with E-state index in [1.807, 2.05) is 6.07 Å². The summed E-state index contributed by atoms with van der Waals surface area (Å²) < 4.78 is 0.896. The molecule has 3 aromatic rings. The predicted molar refractivity (Wildman–Crippen MR) is 102 cm³/mol. The number of carboxylic acids is 1. The monoisotopic (exact) mass is 363 g/mol. The van der Waals surface area contributed by atoms with E-state index in [1.165, 1.54) is 17.0 Å². The van der Waals surface area contributed by atoms with Gasteiger partial charge in [-0.15, -0.1) is 6.58 Å². The third-order valence-corrected chi connectivity index (χ3v) is 4.04. The van der Waals surface area contributed by atoms with Gasteiger partial charge in [-0.05, 0) is 18.2 Å². The molecular weight excluding hydrogens is 346 g/mol. The Kier molecular flexibility index (Phi) is 5.12. The zero-order chi connectivity index (χ0) is 19.4. The number of amides is 1. The number of hydrogen-bond donors (Lipinski definition) is 1. The van der Waals surface area contributed by atoms with E-state index < -0.39 is 17.4 Å². The minimum absolute atomic E-state index is 0.202. The quantitative estimate of drug-likeness (QED) is 0.679. The van der Waals surface area contributed by atoms with E-state index in [1.54, 1.807) is 42.5 Å². The molecule has 0 unspecified atom stereocenters. The molecule has 3 rings (SSSR count). The lowest BCUT2D eigenvalue weighted by molar-refractivity contribution is -0.119. The highest BCUT2D eigenvalue weighted by molar-refractivity contribution is 6.01. The number of nitrogens with zero attached hydrogens (tertiary/aromatic N) is 3. The third-order valence-electron chi connectivity index (χ3n) is 4.04. The summed E-state index contributed by atoms with van der Waals surface area (Å²) >= 11 is 0. The van der Waals surface area contributed by atoms with Crippen molar-refractivity contribution >= 4 is 28.3 Å². The van der Waals surface area contributed by atoms with E-state index in [0.717, 1.165) is 4.68 Å². The van der Waals surface area contributed by atoms with Crippen LogP contribution in [0.25, 0.3) is 10.8 Å². The van der Waals surface area contributed by atoms with E-state index in [2.05, 4.69) is 11.7 Å². The molecule has 0 aliphatic carbocycles. The fourth-order valence-electron chi connectivity index (χ4n) is 2.80. The van der Waals surface area contributed by atoms with Crippen LogP contribution in [-0.4, -0.2) is 33.3 Å². The maximum absolute atomic E-state index is 12.8. The van der Waals surface area contributed by atoms with Crippen LogP contribution in [0.15, 0.2) is 72.0 Å². The molecule has 0 saturated carbocycles. The highest BCUT2D eigenvalue weighted by atomic mass is 16.4. The Hall–Kier alpha value is -3.74. The second-order valence-electron chi connectivity index (χ2n) is 5.79. The molecule has 1 amide bonds. The molecule has 0 atom stereocenters. The van der Waals surface area contributed by atoms with Crippen LogP contribution in [-0.2, 0) is 11.3 Å². The number of carbonyl (C=O) groups excluding carboxylic acids is 1. The molecular formula is C20H17N3O4. The molecule has 1 N–H and O–H groups in total. The van der Waals surface area contributed by atoms with E-state index in [4.69, 9.17) is 0 Å². The molecule has 0 aliphatic rings. The number of hydrogen-bond acceptors (Lipinski definition) is 4. The Labute approximate surface area is 154 Å². The Bertz CT molecular complexity index is 1070. The molecule has 0 bridgehead atoms. The van der Waals surface area contributed by atoms with Crippen molar-refractivity contribution in [1.29, 1.82) is 0 Å². The molecule has 0 radical (unpaired) electrons. The Morgan fingerprint density at radius 3 is 2.33 bits per heavy atom. The summed E-state index contributed by atoms with van der Waals surface area (Å²) in [6.45, 7) is 3.52. The maximum atomic E-state index is 12.8. The van der Waals surface area contributed by atoms with E-state index >= 15 is 0 Å². The molecule has 0 spiro atoms. The minimum Gasteiger partial charge on any atom is -0.476 e. The van der Waals surface area contributed by atoms with E-state index in [9.17, 15) is 19.5 Å². The average molecular weight is 363 g/mol. The average Bonchev–Trinajstić information content (AvgIpc) is 2.68. The minimum atomic E-state index is -1.27. The summed E-state index contributed by atoms with van der Waals surface area (Å²) in [6.07, 6.45) is 1.57. The number of anilines is 1. The second kappa shape index (κ2) is 7.65. The molecule has 1 aromatic heterocycles. The summed E-state index contributed by atoms with van der Waals surface area (Å²) in [6, 6.07) is 15.3. The van der Waals surface area contributed by atoms with Crippen molar-refractivity contribution in [1.82, 2.24) is 9.78 Å². The first-order valence-electron chi connectivity index (χ1n) is 8.22. The van der Waals surface area contributed by atoms with Gasteiger partial charge in [0.1, 0.15) is 6.54 Å². The smallest absolute Gasteiger partial charge is 0.357 e. The van der Waals surface area contributed by atoms with Crippen molar-refractivity contribution in [3.8, 4) is 0 Å². The normalized spacial score (nSPS) is 10.5. The molecule has 1 heterocycles. The predicted octanol–water partition coefficient (Wildman–Crippen LogP) is 2.31. The molecule has 2 aromatic carbocycles. The third kappa shape index (κ3) is 3.62. The van der Waals surface area contributed by atoms with Gasteiger partial charge in [-0.25, -0.2) is 9.48 Å². The molecule has 0 fully saturated rings. The number of carbonyl (C=O) groups is 2. The topological polar surface area (TPSA) is 92.5 Å². The number of fused-ring (bicyclic) bond motifs is 1. The van der Waals surface area contributed by atoms with Gasteiger partial charge in [0.05, 0.1) is 5.39 Å². The first-order valence-corrected chi connectivity index (χ1v) is 8.22. The van der Waals surface area contributed by atoms with Crippen molar-refractivity contribution in [2.75, 3.05) is 11.4 Å². The summed E-state index contributed by atoms with van der Waals surface area (Å²) in [7, 11) is 0. The van der Waals surface area contributed by atoms with Crippen LogP contribution in [0.1, 0.15) is 10.5 Å². The summed E-state index contributed by atoms with van der Waals surface area (Å²) in [5.74, 6) is -1.67. The van der Waals surface area contributed by atoms with Gasteiger partial charge < -0.3 is 10.0 Å². The lowest BCUT2D eigenvalue weighted by atomic mass is 10.1. The fourth-order valence-corrected chi connectivity index (χ4v) is 2.80. The van der Waals surface area contributed by atoms with Gasteiger partial charge in [0.2, 0.25) is 5.91 Å². The Morgan fingerprint density at radius 2 is 1.70 bits per heavy atom. The van der Waals surface area contributed by atoms with E-state index in [0.29, 0.717) is 5.69 Å². The highest BCUT2D eigenvalue weighted by Gasteiger charge is 2.20. The zero-order valence-corrected chi connectivity index (χ0v) is 14.4. The molecule has 27 heavy (non-hydrogen) atoms. The largest absolute Gasteiger partial charge is 0.476 e. The van der Waals surface area contributed by atoms with Gasteiger partial charge in [0, 0.05) is 17.6 Å². The molecule has 0 saturated heterocycles. The summed E-state index contributed by atoms with van der Waals surface area (Å²) in [5.41, 5.74) is -0.141. The van der Waals surface area contributed by atoms with Crippen molar-refractivity contribution in [3.63, 3.8) is 0 Å². The summed E-state index contributed by atoms with van der Waals surface area (Å²) in [5, 5.41) is 13.8. The lowest BCUT2D eigenvalue weighted by Gasteiger charge is -2.21. The highest BCUT2D eigenvalue weighted by Crippen LogP contribution is 2.15. The number of aromatic nitrogens is 2. The molecule has 0 aliphatic heterocycles. The number of rotatable bonds is 6. The molecule has 136 valence electrons. The molecule has 7 nitrogen and oxygen atoms in total. The van der Waals surface area contributed by atoms with Crippen LogP contribution in [0.4, 0.5) is 5.69 Å². The van der Waals surface area contributed by atoms with Crippen molar-refractivity contribution < 1.29 is 14.7 Å². The SMILES string of the molecule is C=CCN(C(=O)Cn1nc(C(=O)O)c2ccccc2c1=O)c1ccccc1. The standard InChI is InChI=1S/C20H17N3O4/c1-2-12-22(14-8-4-3-5-9-14)17(24)13-23-19(25)16-11-7-6-10-15(16)18(21-23)20(26)27/h2-11H,1,12-13H2,(H,26,27). The Balaban J connectivity index is 2.04. The van der Waals surface area contributed by atoms with Crippen LogP contribution in [0.3, 0.4) is 0 Å². The number of para-hydroxylation sites is 1. The van der Waals surface area contributed by atoms with Crippen LogP contribution in [0.2, 0.25) is 0 Å². The van der Waals surface area contributed by atoms with Gasteiger partial charge in [-0.2, -0.15) is 5.10 Å². The molecule has 7 heteroatoms. The maximum Gasteiger partial charge on any atom is 0.357 e. The first-order chi connectivity index (χ1) is 13.0. The van der Waals surface area contributed by atoms with Crippen LogP contribution in [0, 0.1) is 0 Å². The lowest BCUT2D eigenvalue weighted by Crippen LogP contribution is -2.38. The van der Waals surface area contributed by atoms with Gasteiger partial charge in [-0.1, -0.05) is 42.5 Å². The van der Waals surface area contributed by atoms with Gasteiger partial charge >= 0.3 is 5.97 Å². The number of carboxylic acid groups (broad SMARTS) is 1. The van der Waals surface area contributed by atoms with E-state index in [-0.39, 0.29) is 29.6 Å². The second-order valence-corrected chi connectivity index (χ2v) is 5.79. The Morgan fingerprint density at radius 1 is 1.07 bits per heavy atom. The van der Waals surface area contributed by atoms with Crippen molar-refractivity contribution in [2.45, 2.75) is 6.54 Å². The van der Waals surface area contributed by atoms with Gasteiger partial charge in [0.15, 0.2) is 5.69 Å². The van der Waals surface area contributed by atoms with Gasteiger partial charge in [0.25, 0.3) is 5.56 Å². The van der Waals surface area contributed by atoms with Crippen LogP contribution >= 0.6 is 0 Å².